The maximum atomic E-state index is 12.1. The number of amides is 2. The van der Waals surface area contributed by atoms with Crippen molar-refractivity contribution in [2.45, 2.75) is 12.8 Å². The predicted molar refractivity (Wildman–Crippen MR) is 102 cm³/mol. The summed E-state index contributed by atoms with van der Waals surface area (Å²) in [4.78, 5) is 25.1. The highest BCUT2D eigenvalue weighted by Crippen LogP contribution is 2.18. The van der Waals surface area contributed by atoms with Crippen LogP contribution in [0.2, 0.25) is 0 Å². The van der Waals surface area contributed by atoms with E-state index in [4.69, 9.17) is 4.74 Å². The molecule has 132 valence electrons. The van der Waals surface area contributed by atoms with E-state index in [9.17, 15) is 9.59 Å². The fraction of sp³-hybridized carbons (Fsp3) is 0.263. The van der Waals surface area contributed by atoms with Crippen molar-refractivity contribution < 1.29 is 14.3 Å². The maximum Gasteiger partial charge on any atom is 0.259 e. The minimum Gasteiger partial charge on any atom is -0.484 e. The number of ether oxygens (including phenoxy) is 1. The lowest BCUT2D eigenvalue weighted by Crippen LogP contribution is -2.27. The fourth-order valence-corrected chi connectivity index (χ4v) is 2.56. The zero-order chi connectivity index (χ0) is 18.2. The topological polar surface area (TPSA) is 58.6 Å². The van der Waals surface area contributed by atoms with Crippen molar-refractivity contribution in [3.8, 4) is 5.75 Å². The van der Waals surface area contributed by atoms with E-state index < -0.39 is 0 Å². The maximum absolute atomic E-state index is 12.1. The van der Waals surface area contributed by atoms with Crippen LogP contribution >= 0.6 is 15.9 Å². The van der Waals surface area contributed by atoms with Crippen molar-refractivity contribution in [2.24, 2.45) is 0 Å². The molecule has 0 aliphatic heterocycles. The molecule has 0 atom stereocenters. The van der Waals surface area contributed by atoms with E-state index in [0.717, 1.165) is 10.0 Å². The summed E-state index contributed by atoms with van der Waals surface area (Å²) in [7, 11) is 3.35. The van der Waals surface area contributed by atoms with E-state index in [0.29, 0.717) is 24.3 Å². The Kier molecular flexibility index (Phi) is 7.01. The van der Waals surface area contributed by atoms with Crippen LogP contribution in [-0.2, 0) is 16.0 Å². The van der Waals surface area contributed by atoms with Crippen molar-refractivity contribution in [1.29, 1.82) is 0 Å². The van der Waals surface area contributed by atoms with Gasteiger partial charge < -0.3 is 15.0 Å². The summed E-state index contributed by atoms with van der Waals surface area (Å²) in [5, 5.41) is 2.85. The second-order valence-corrected chi connectivity index (χ2v) is 6.70. The number of nitrogens with one attached hydrogen (secondary N) is 1. The first-order valence-electron chi connectivity index (χ1n) is 7.91. The van der Waals surface area contributed by atoms with Crippen molar-refractivity contribution in [1.82, 2.24) is 4.90 Å². The molecule has 0 aliphatic carbocycles. The molecule has 2 rings (SSSR count). The number of nitrogens with zero attached hydrogens (tertiary/aromatic N) is 1. The third-order valence-electron chi connectivity index (χ3n) is 3.51. The summed E-state index contributed by atoms with van der Waals surface area (Å²) in [6, 6.07) is 14.9. The number of anilines is 1. The van der Waals surface area contributed by atoms with E-state index in [2.05, 4.69) is 21.2 Å². The van der Waals surface area contributed by atoms with Crippen LogP contribution in [0.5, 0.6) is 5.75 Å². The molecule has 0 spiro atoms. The molecule has 6 heteroatoms. The van der Waals surface area contributed by atoms with Crippen molar-refractivity contribution in [3.63, 3.8) is 0 Å². The quantitative estimate of drug-likeness (QED) is 0.768. The van der Waals surface area contributed by atoms with Gasteiger partial charge in [0, 0.05) is 36.7 Å². The third kappa shape index (κ3) is 6.58. The average Bonchev–Trinajstić information content (AvgIpc) is 2.58. The molecule has 0 unspecified atom stereocenters. The number of carbonyl (C=O) groups excluding carboxylic acids is 2. The van der Waals surface area contributed by atoms with Gasteiger partial charge in [0.2, 0.25) is 5.91 Å². The van der Waals surface area contributed by atoms with Crippen LogP contribution in [0.4, 0.5) is 5.69 Å². The zero-order valence-corrected chi connectivity index (χ0v) is 15.9. The molecule has 5 nitrogen and oxygen atoms in total. The standard InChI is InChI=1S/C19H21BrN2O3/c1-22(2)19(24)13-25-17-8-4-7-16(12-17)21-18(23)10-9-14-5-3-6-15(20)11-14/h3-8,11-12H,9-10,13H2,1-2H3,(H,21,23). The van der Waals surface area contributed by atoms with Gasteiger partial charge in [-0.25, -0.2) is 0 Å². The van der Waals surface area contributed by atoms with Crippen LogP contribution in [0.3, 0.4) is 0 Å². The number of halogens is 1. The van der Waals surface area contributed by atoms with E-state index in [-0.39, 0.29) is 18.4 Å². The molecular formula is C19H21BrN2O3. The van der Waals surface area contributed by atoms with Gasteiger partial charge in [0.1, 0.15) is 5.75 Å². The Labute approximate surface area is 156 Å². The summed E-state index contributed by atoms with van der Waals surface area (Å²) < 4.78 is 6.45. The van der Waals surface area contributed by atoms with Crippen LogP contribution < -0.4 is 10.1 Å². The Morgan fingerprint density at radius 3 is 2.60 bits per heavy atom. The smallest absolute Gasteiger partial charge is 0.259 e. The second kappa shape index (κ2) is 9.22. The van der Waals surface area contributed by atoms with E-state index in [1.54, 1.807) is 38.4 Å². The highest BCUT2D eigenvalue weighted by atomic mass is 79.9. The van der Waals surface area contributed by atoms with Crippen LogP contribution in [0.1, 0.15) is 12.0 Å². The Morgan fingerprint density at radius 1 is 1.12 bits per heavy atom. The number of aryl methyl sites for hydroxylation is 1. The first-order chi connectivity index (χ1) is 11.9. The minimum absolute atomic E-state index is 0.0344. The number of hydrogen-bond acceptors (Lipinski definition) is 3. The van der Waals surface area contributed by atoms with Crippen molar-refractivity contribution in [2.75, 3.05) is 26.0 Å². The number of benzene rings is 2. The van der Waals surface area contributed by atoms with Crippen molar-refractivity contribution >= 4 is 33.4 Å². The van der Waals surface area contributed by atoms with Gasteiger partial charge >= 0.3 is 0 Å². The summed E-state index contributed by atoms with van der Waals surface area (Å²) >= 11 is 3.42. The Morgan fingerprint density at radius 2 is 1.88 bits per heavy atom. The van der Waals surface area contributed by atoms with Gasteiger partial charge in [0.05, 0.1) is 0 Å². The Bertz CT molecular complexity index is 747. The SMILES string of the molecule is CN(C)C(=O)COc1cccc(NC(=O)CCc2cccc(Br)c2)c1. The third-order valence-corrected chi connectivity index (χ3v) is 4.00. The molecule has 0 bridgehead atoms. The number of carbonyl (C=O) groups is 2. The Hall–Kier alpha value is -2.34. The number of likely N-dealkylation sites (N-methyl/N-ethyl adjacent to an activating group) is 1. The molecule has 0 saturated heterocycles. The van der Waals surface area contributed by atoms with E-state index >= 15 is 0 Å². The summed E-state index contributed by atoms with van der Waals surface area (Å²) in [6.45, 7) is -0.0344. The summed E-state index contributed by atoms with van der Waals surface area (Å²) in [6.07, 6.45) is 1.06. The van der Waals surface area contributed by atoms with Crippen LogP contribution in [0.25, 0.3) is 0 Å². The molecule has 0 saturated carbocycles. The first-order valence-corrected chi connectivity index (χ1v) is 8.70. The molecule has 0 aromatic heterocycles. The molecule has 2 amide bonds. The van der Waals surface area contributed by atoms with E-state index in [1.807, 2.05) is 24.3 Å². The molecule has 0 fully saturated rings. The monoisotopic (exact) mass is 404 g/mol. The van der Waals surface area contributed by atoms with Crippen LogP contribution in [0, 0.1) is 0 Å². The lowest BCUT2D eigenvalue weighted by atomic mass is 10.1. The van der Waals surface area contributed by atoms with Crippen molar-refractivity contribution in [3.05, 3.63) is 58.6 Å². The van der Waals surface area contributed by atoms with Gasteiger partial charge in [-0.05, 0) is 36.2 Å². The lowest BCUT2D eigenvalue weighted by molar-refractivity contribution is -0.130. The molecule has 2 aromatic rings. The fourth-order valence-electron chi connectivity index (χ4n) is 2.11. The Balaban J connectivity index is 1.86. The van der Waals surface area contributed by atoms with Gasteiger partial charge in [-0.1, -0.05) is 34.1 Å². The molecule has 0 heterocycles. The summed E-state index contributed by atoms with van der Waals surface area (Å²) in [5.74, 6) is 0.352. The van der Waals surface area contributed by atoms with Crippen LogP contribution in [0.15, 0.2) is 53.0 Å². The van der Waals surface area contributed by atoms with Gasteiger partial charge in [0.15, 0.2) is 6.61 Å². The molecule has 25 heavy (non-hydrogen) atoms. The van der Waals surface area contributed by atoms with Gasteiger partial charge in [-0.15, -0.1) is 0 Å². The van der Waals surface area contributed by atoms with Gasteiger partial charge in [-0.2, -0.15) is 0 Å². The zero-order valence-electron chi connectivity index (χ0n) is 14.3. The molecule has 0 radical (unpaired) electrons. The highest BCUT2D eigenvalue weighted by molar-refractivity contribution is 9.10. The lowest BCUT2D eigenvalue weighted by Gasteiger charge is -2.12. The van der Waals surface area contributed by atoms with E-state index in [1.165, 1.54) is 4.90 Å². The molecular weight excluding hydrogens is 384 g/mol. The summed E-state index contributed by atoms with van der Waals surface area (Å²) in [5.41, 5.74) is 1.75. The minimum atomic E-state index is -0.122. The van der Waals surface area contributed by atoms with Gasteiger partial charge in [0.25, 0.3) is 5.91 Å². The highest BCUT2D eigenvalue weighted by Gasteiger charge is 2.07. The predicted octanol–water partition coefficient (Wildman–Crippen LogP) is 3.49. The normalized spacial score (nSPS) is 10.2. The number of rotatable bonds is 7. The molecule has 2 aromatic carbocycles. The first kappa shape index (κ1) is 19.0. The number of hydrogen-bond donors (Lipinski definition) is 1. The molecule has 0 aliphatic rings. The average molecular weight is 405 g/mol. The molecule has 1 N–H and O–H groups in total. The van der Waals surface area contributed by atoms with Crippen LogP contribution in [-0.4, -0.2) is 37.4 Å². The second-order valence-electron chi connectivity index (χ2n) is 5.78. The van der Waals surface area contributed by atoms with Gasteiger partial charge in [-0.3, -0.25) is 9.59 Å². The largest absolute Gasteiger partial charge is 0.484 e.